The van der Waals surface area contributed by atoms with Crippen LogP contribution >= 0.6 is 0 Å². The smallest absolute Gasteiger partial charge is 0.308 e. The zero-order valence-electron chi connectivity index (χ0n) is 10.4. The normalized spacial score (nSPS) is 11.6. The van der Waals surface area contributed by atoms with Crippen LogP contribution in [0.3, 0.4) is 0 Å². The highest BCUT2D eigenvalue weighted by Gasteiger charge is 2.27. The van der Waals surface area contributed by atoms with Crippen molar-refractivity contribution in [1.82, 2.24) is 9.78 Å². The largest absolute Gasteiger partial charge is 0.481 e. The minimum atomic E-state index is -0.878. The fourth-order valence-corrected chi connectivity index (χ4v) is 1.72. The fraction of sp³-hybridized carbons (Fsp3) is 0.636. The summed E-state index contributed by atoms with van der Waals surface area (Å²) in [5, 5.41) is 13.2. The molecule has 5 nitrogen and oxygen atoms in total. The number of carbonyl (C=O) groups is 1. The first-order valence-corrected chi connectivity index (χ1v) is 5.09. The molecule has 0 aliphatic heterocycles. The van der Waals surface area contributed by atoms with E-state index in [0.29, 0.717) is 11.4 Å². The number of nitrogens with zero attached hydrogens (tertiary/aromatic N) is 2. The van der Waals surface area contributed by atoms with E-state index in [4.69, 9.17) is 9.84 Å². The Balaban J connectivity index is 3.33. The van der Waals surface area contributed by atoms with Crippen molar-refractivity contribution in [2.75, 3.05) is 7.11 Å². The molecular weight excluding hydrogens is 208 g/mol. The zero-order chi connectivity index (χ0) is 12.5. The maximum absolute atomic E-state index is 10.8. The molecule has 0 bridgehead atoms. The number of aromatic nitrogens is 2. The zero-order valence-corrected chi connectivity index (χ0v) is 10.4. The summed E-state index contributed by atoms with van der Waals surface area (Å²) in [6.07, 6.45) is -0.0659. The molecule has 0 amide bonds. The van der Waals surface area contributed by atoms with E-state index in [0.717, 1.165) is 5.69 Å². The number of methoxy groups -OCH3 is 1. The first-order valence-electron chi connectivity index (χ1n) is 5.09. The third-order valence-corrected chi connectivity index (χ3v) is 2.32. The molecular formula is C11H18N2O3. The Morgan fingerprint density at radius 1 is 1.50 bits per heavy atom. The van der Waals surface area contributed by atoms with Gasteiger partial charge < -0.3 is 9.84 Å². The van der Waals surface area contributed by atoms with Gasteiger partial charge in [0.2, 0.25) is 5.88 Å². The van der Waals surface area contributed by atoms with E-state index >= 15 is 0 Å². The fourth-order valence-electron chi connectivity index (χ4n) is 1.72. The summed E-state index contributed by atoms with van der Waals surface area (Å²) in [5.41, 5.74) is 1.23. The van der Waals surface area contributed by atoms with E-state index in [1.807, 2.05) is 20.8 Å². The molecule has 1 N–H and O–H groups in total. The Morgan fingerprint density at radius 3 is 2.44 bits per heavy atom. The van der Waals surface area contributed by atoms with E-state index in [1.165, 1.54) is 7.11 Å². The summed E-state index contributed by atoms with van der Waals surface area (Å²) in [6.45, 7) is 6.00. The van der Waals surface area contributed by atoms with Crippen LogP contribution in [-0.4, -0.2) is 28.0 Å². The number of carboxylic acid groups (broad SMARTS) is 1. The molecule has 0 aromatic carbocycles. The summed E-state index contributed by atoms with van der Waals surface area (Å²) >= 11 is 0. The van der Waals surface area contributed by atoms with Gasteiger partial charge in [0.1, 0.15) is 0 Å². The maximum atomic E-state index is 10.8. The van der Waals surface area contributed by atoms with Crippen LogP contribution < -0.4 is 4.74 Å². The lowest BCUT2D eigenvalue weighted by molar-refractivity contribution is -0.136. The van der Waals surface area contributed by atoms with Crippen molar-refractivity contribution < 1.29 is 14.6 Å². The molecule has 1 aromatic heterocycles. The van der Waals surface area contributed by atoms with Gasteiger partial charge in [-0.15, -0.1) is 0 Å². The SMILES string of the molecule is COc1c(CC(=O)O)c(C(C)(C)C)nn1C. The summed E-state index contributed by atoms with van der Waals surface area (Å²) in [4.78, 5) is 10.8. The molecule has 90 valence electrons. The summed E-state index contributed by atoms with van der Waals surface area (Å²) in [5.74, 6) is -0.357. The predicted molar refractivity (Wildman–Crippen MR) is 59.8 cm³/mol. The molecule has 0 saturated carbocycles. The molecule has 0 atom stereocenters. The molecule has 0 saturated heterocycles. The molecule has 0 spiro atoms. The first kappa shape index (κ1) is 12.5. The second-order valence-electron chi connectivity index (χ2n) is 4.78. The van der Waals surface area contributed by atoms with Gasteiger partial charge in [0.15, 0.2) is 0 Å². The maximum Gasteiger partial charge on any atom is 0.308 e. The third kappa shape index (κ3) is 2.35. The van der Waals surface area contributed by atoms with Crippen LogP contribution in [0.2, 0.25) is 0 Å². The molecule has 16 heavy (non-hydrogen) atoms. The topological polar surface area (TPSA) is 64.3 Å². The van der Waals surface area contributed by atoms with E-state index in [1.54, 1.807) is 11.7 Å². The minimum absolute atomic E-state index is 0.0659. The Labute approximate surface area is 95.0 Å². The van der Waals surface area contributed by atoms with Gasteiger partial charge in [0.05, 0.1) is 19.2 Å². The average molecular weight is 226 g/mol. The lowest BCUT2D eigenvalue weighted by Gasteiger charge is -2.16. The molecule has 5 heteroatoms. The summed E-state index contributed by atoms with van der Waals surface area (Å²) in [7, 11) is 3.27. The molecule has 0 radical (unpaired) electrons. The van der Waals surface area contributed by atoms with Crippen LogP contribution in [-0.2, 0) is 23.7 Å². The summed E-state index contributed by atoms with van der Waals surface area (Å²) < 4.78 is 6.77. The number of hydrogen-bond donors (Lipinski definition) is 1. The van der Waals surface area contributed by atoms with Crippen molar-refractivity contribution in [3.05, 3.63) is 11.3 Å². The van der Waals surface area contributed by atoms with Crippen molar-refractivity contribution in [1.29, 1.82) is 0 Å². The van der Waals surface area contributed by atoms with Crippen LogP contribution in [0.5, 0.6) is 5.88 Å². The van der Waals surface area contributed by atoms with E-state index in [9.17, 15) is 4.79 Å². The monoisotopic (exact) mass is 226 g/mol. The van der Waals surface area contributed by atoms with Crippen molar-refractivity contribution in [2.24, 2.45) is 7.05 Å². The lowest BCUT2D eigenvalue weighted by atomic mass is 9.88. The second kappa shape index (κ2) is 4.15. The van der Waals surface area contributed by atoms with E-state index in [2.05, 4.69) is 5.10 Å². The van der Waals surface area contributed by atoms with E-state index in [-0.39, 0.29) is 11.8 Å². The highest BCUT2D eigenvalue weighted by Crippen LogP contribution is 2.31. The van der Waals surface area contributed by atoms with Crippen LogP contribution in [0.25, 0.3) is 0 Å². The number of carboxylic acids is 1. The van der Waals surface area contributed by atoms with Gasteiger partial charge in [-0.3, -0.25) is 4.79 Å². The summed E-state index contributed by atoms with van der Waals surface area (Å²) in [6, 6.07) is 0. The van der Waals surface area contributed by atoms with Gasteiger partial charge >= 0.3 is 5.97 Å². The van der Waals surface area contributed by atoms with Gasteiger partial charge in [-0.25, -0.2) is 4.68 Å². The van der Waals surface area contributed by atoms with Crippen molar-refractivity contribution in [3.63, 3.8) is 0 Å². The molecule has 0 aliphatic carbocycles. The molecule has 0 unspecified atom stereocenters. The Bertz CT molecular complexity index is 402. The Morgan fingerprint density at radius 2 is 2.06 bits per heavy atom. The van der Waals surface area contributed by atoms with Gasteiger partial charge in [-0.2, -0.15) is 5.10 Å². The van der Waals surface area contributed by atoms with Crippen LogP contribution in [0.4, 0.5) is 0 Å². The molecule has 1 rings (SSSR count). The van der Waals surface area contributed by atoms with Crippen molar-refractivity contribution in [3.8, 4) is 5.88 Å². The van der Waals surface area contributed by atoms with Crippen molar-refractivity contribution >= 4 is 5.97 Å². The molecule has 1 aromatic rings. The minimum Gasteiger partial charge on any atom is -0.481 e. The molecule has 1 heterocycles. The van der Waals surface area contributed by atoms with Crippen LogP contribution in [0.1, 0.15) is 32.0 Å². The third-order valence-electron chi connectivity index (χ3n) is 2.32. The highest BCUT2D eigenvalue weighted by molar-refractivity contribution is 5.71. The van der Waals surface area contributed by atoms with Crippen molar-refractivity contribution in [2.45, 2.75) is 32.6 Å². The van der Waals surface area contributed by atoms with Crippen LogP contribution in [0, 0.1) is 0 Å². The number of hydrogen-bond acceptors (Lipinski definition) is 3. The molecule has 0 aliphatic rings. The predicted octanol–water partition coefficient (Wildman–Crippen LogP) is 1.35. The van der Waals surface area contributed by atoms with Crippen LogP contribution in [0.15, 0.2) is 0 Å². The average Bonchev–Trinajstić information content (AvgIpc) is 2.40. The molecule has 0 fully saturated rings. The first-order chi connectivity index (χ1) is 7.27. The van der Waals surface area contributed by atoms with Gasteiger partial charge in [0.25, 0.3) is 0 Å². The standard InChI is InChI=1S/C11H18N2O3/c1-11(2,3)9-7(6-8(14)15)10(16-5)13(4)12-9/h6H2,1-5H3,(H,14,15). The number of rotatable bonds is 3. The van der Waals surface area contributed by atoms with E-state index < -0.39 is 5.97 Å². The highest BCUT2D eigenvalue weighted by atomic mass is 16.5. The lowest BCUT2D eigenvalue weighted by Crippen LogP contribution is -2.16. The number of aliphatic carboxylic acids is 1. The number of ether oxygens (including phenoxy) is 1. The number of aryl methyl sites for hydroxylation is 1. The van der Waals surface area contributed by atoms with Gasteiger partial charge in [-0.05, 0) is 0 Å². The van der Waals surface area contributed by atoms with Gasteiger partial charge in [-0.1, -0.05) is 20.8 Å². The Kier molecular flexibility index (Phi) is 3.26. The second-order valence-corrected chi connectivity index (χ2v) is 4.78. The quantitative estimate of drug-likeness (QED) is 0.845. The van der Waals surface area contributed by atoms with Gasteiger partial charge in [0, 0.05) is 18.0 Å². The Hall–Kier alpha value is -1.52.